The summed E-state index contributed by atoms with van der Waals surface area (Å²) >= 11 is 0. The Bertz CT molecular complexity index is 512. The molecule has 2 rings (SSSR count). The third-order valence-electron chi connectivity index (χ3n) is 4.68. The first-order valence-electron chi connectivity index (χ1n) is 7.82. The van der Waals surface area contributed by atoms with Crippen molar-refractivity contribution in [2.45, 2.75) is 50.2 Å². The van der Waals surface area contributed by atoms with Gasteiger partial charge >= 0.3 is 6.09 Å². The molecule has 6 heteroatoms. The highest BCUT2D eigenvalue weighted by Gasteiger charge is 2.47. The van der Waals surface area contributed by atoms with Gasteiger partial charge in [0.25, 0.3) is 0 Å². The van der Waals surface area contributed by atoms with E-state index >= 15 is 0 Å². The number of nitrogens with zero attached hydrogens (tertiary/aromatic N) is 1. The number of aliphatic hydroxyl groups is 1. The molecule has 1 aromatic rings. The molecule has 0 atom stereocenters. The van der Waals surface area contributed by atoms with Crippen molar-refractivity contribution in [2.24, 2.45) is 0 Å². The summed E-state index contributed by atoms with van der Waals surface area (Å²) in [5.41, 5.74) is 0.102. The molecule has 1 N–H and O–H groups in total. The van der Waals surface area contributed by atoms with Crippen LogP contribution in [0, 0.1) is 0 Å². The molecule has 1 amide bonds. The summed E-state index contributed by atoms with van der Waals surface area (Å²) in [4.78, 5) is 13.7. The average molecular weight is 327 g/mol. The number of benzene rings is 1. The van der Waals surface area contributed by atoms with Gasteiger partial charge in [0.1, 0.15) is 6.61 Å². The Morgan fingerprint density at radius 3 is 2.39 bits per heavy atom. The van der Waals surface area contributed by atoms with Crippen LogP contribution in [-0.2, 0) is 11.3 Å². The number of hydrogen-bond donors (Lipinski definition) is 1. The molecule has 0 heterocycles. The lowest BCUT2D eigenvalue weighted by Gasteiger charge is -2.45. The van der Waals surface area contributed by atoms with Crippen LogP contribution in [0.3, 0.4) is 0 Å². The van der Waals surface area contributed by atoms with E-state index in [9.17, 15) is 18.7 Å². The van der Waals surface area contributed by atoms with Crippen molar-refractivity contribution in [3.63, 3.8) is 0 Å². The quantitative estimate of drug-likeness (QED) is 0.899. The first-order valence-corrected chi connectivity index (χ1v) is 7.82. The summed E-state index contributed by atoms with van der Waals surface area (Å²) in [6.07, 6.45) is -0.491. The molecule has 1 aliphatic rings. The molecule has 1 saturated carbocycles. The molecule has 0 saturated heterocycles. The molecule has 0 bridgehead atoms. The SMILES string of the molecule is CN(C(=O)OCc1ccccc1)C1(CCO)CCC(F)(F)CC1. The van der Waals surface area contributed by atoms with Crippen LogP contribution in [0.25, 0.3) is 0 Å². The number of ether oxygens (including phenoxy) is 1. The second-order valence-corrected chi connectivity index (χ2v) is 6.15. The Hall–Kier alpha value is -1.69. The Labute approximate surface area is 135 Å². The zero-order valence-corrected chi connectivity index (χ0v) is 13.3. The van der Waals surface area contributed by atoms with Crippen LogP contribution in [0.4, 0.5) is 13.6 Å². The molecular weight excluding hydrogens is 304 g/mol. The van der Waals surface area contributed by atoms with Gasteiger partial charge in [-0.3, -0.25) is 0 Å². The Balaban J connectivity index is 2.00. The largest absolute Gasteiger partial charge is 0.445 e. The minimum Gasteiger partial charge on any atom is -0.445 e. The Kier molecular flexibility index (Phi) is 5.57. The van der Waals surface area contributed by atoms with E-state index in [1.165, 1.54) is 4.90 Å². The average Bonchev–Trinajstić information content (AvgIpc) is 2.55. The number of carbonyl (C=O) groups is 1. The maximum Gasteiger partial charge on any atom is 0.410 e. The van der Waals surface area contributed by atoms with Gasteiger partial charge in [0.15, 0.2) is 0 Å². The lowest BCUT2D eigenvalue weighted by molar-refractivity contribution is -0.0801. The van der Waals surface area contributed by atoms with Crippen LogP contribution >= 0.6 is 0 Å². The zero-order valence-electron chi connectivity index (χ0n) is 13.3. The van der Waals surface area contributed by atoms with Gasteiger partial charge in [-0.25, -0.2) is 13.6 Å². The van der Waals surface area contributed by atoms with Crippen molar-refractivity contribution in [2.75, 3.05) is 13.7 Å². The van der Waals surface area contributed by atoms with Crippen LogP contribution in [0.2, 0.25) is 0 Å². The fraction of sp³-hybridized carbons (Fsp3) is 0.588. The molecule has 128 valence electrons. The van der Waals surface area contributed by atoms with Gasteiger partial charge in [-0.2, -0.15) is 0 Å². The monoisotopic (exact) mass is 327 g/mol. The van der Waals surface area contributed by atoms with Crippen LogP contribution in [0.5, 0.6) is 0 Å². The molecular formula is C17H23F2NO3. The molecule has 0 radical (unpaired) electrons. The van der Waals surface area contributed by atoms with Crippen molar-refractivity contribution >= 4 is 6.09 Å². The number of carbonyl (C=O) groups excluding carboxylic acids is 1. The molecule has 4 nitrogen and oxygen atoms in total. The predicted octanol–water partition coefficient (Wildman–Crippen LogP) is 3.59. The molecule has 1 fully saturated rings. The molecule has 1 aromatic carbocycles. The number of aliphatic hydroxyl groups excluding tert-OH is 1. The fourth-order valence-electron chi connectivity index (χ4n) is 3.05. The van der Waals surface area contributed by atoms with Gasteiger partial charge in [-0.15, -0.1) is 0 Å². The van der Waals surface area contributed by atoms with Gasteiger partial charge < -0.3 is 14.7 Å². The van der Waals surface area contributed by atoms with Crippen molar-refractivity contribution < 1.29 is 23.4 Å². The lowest BCUT2D eigenvalue weighted by atomic mass is 9.77. The number of amides is 1. The highest BCUT2D eigenvalue weighted by atomic mass is 19.3. The third kappa shape index (κ3) is 4.41. The van der Waals surface area contributed by atoms with Crippen molar-refractivity contribution in [3.05, 3.63) is 35.9 Å². The maximum absolute atomic E-state index is 13.4. The van der Waals surface area contributed by atoms with E-state index in [0.29, 0.717) is 0 Å². The first kappa shape index (κ1) is 17.7. The Morgan fingerprint density at radius 1 is 1.22 bits per heavy atom. The normalized spacial score (nSPS) is 19.1. The van der Waals surface area contributed by atoms with Crippen LogP contribution in [0.1, 0.15) is 37.7 Å². The number of halogens is 2. The van der Waals surface area contributed by atoms with Gasteiger partial charge in [0.05, 0.1) is 0 Å². The van der Waals surface area contributed by atoms with Crippen LogP contribution in [0.15, 0.2) is 30.3 Å². The van der Waals surface area contributed by atoms with E-state index in [-0.39, 0.29) is 45.3 Å². The standard InChI is InChI=1S/C17H23F2NO3/c1-20(15(22)23-13-14-5-3-2-4-6-14)16(11-12-21)7-9-17(18,19)10-8-16/h2-6,21H,7-13H2,1H3. The van der Waals surface area contributed by atoms with Crippen LogP contribution in [-0.4, -0.2) is 41.2 Å². The maximum atomic E-state index is 13.4. The van der Waals surface area contributed by atoms with E-state index in [1.807, 2.05) is 30.3 Å². The minimum atomic E-state index is -2.69. The highest BCUT2D eigenvalue weighted by Crippen LogP contribution is 2.43. The topological polar surface area (TPSA) is 49.8 Å². The summed E-state index contributed by atoms with van der Waals surface area (Å²) in [6.45, 7) is -0.0166. The third-order valence-corrected chi connectivity index (χ3v) is 4.68. The second kappa shape index (κ2) is 7.25. The zero-order chi connectivity index (χ0) is 16.9. The van der Waals surface area contributed by atoms with Crippen molar-refractivity contribution in [3.8, 4) is 0 Å². The molecule has 1 aliphatic carbocycles. The minimum absolute atomic E-state index is 0.134. The molecule has 23 heavy (non-hydrogen) atoms. The van der Waals surface area contributed by atoms with E-state index in [4.69, 9.17) is 4.74 Å². The second-order valence-electron chi connectivity index (χ2n) is 6.15. The molecule has 0 spiro atoms. The van der Waals surface area contributed by atoms with E-state index in [2.05, 4.69) is 0 Å². The number of alkyl halides is 2. The van der Waals surface area contributed by atoms with Gasteiger partial charge in [0.2, 0.25) is 5.92 Å². The van der Waals surface area contributed by atoms with Gasteiger partial charge in [-0.1, -0.05) is 30.3 Å². The van der Waals surface area contributed by atoms with E-state index < -0.39 is 17.6 Å². The number of rotatable bonds is 5. The number of hydrogen-bond acceptors (Lipinski definition) is 3. The van der Waals surface area contributed by atoms with Gasteiger partial charge in [-0.05, 0) is 24.8 Å². The smallest absolute Gasteiger partial charge is 0.410 e. The van der Waals surface area contributed by atoms with Crippen molar-refractivity contribution in [1.82, 2.24) is 4.90 Å². The lowest BCUT2D eigenvalue weighted by Crippen LogP contribution is -2.53. The summed E-state index contributed by atoms with van der Waals surface area (Å²) in [7, 11) is 1.56. The summed E-state index contributed by atoms with van der Waals surface area (Å²) in [5, 5.41) is 9.29. The molecule has 0 unspecified atom stereocenters. The van der Waals surface area contributed by atoms with E-state index in [1.54, 1.807) is 7.05 Å². The predicted molar refractivity (Wildman–Crippen MR) is 82.2 cm³/mol. The van der Waals surface area contributed by atoms with Gasteiger partial charge in [0, 0.05) is 32.0 Å². The highest BCUT2D eigenvalue weighted by molar-refractivity contribution is 5.68. The summed E-state index contributed by atoms with van der Waals surface area (Å²) in [6, 6.07) is 9.26. The Morgan fingerprint density at radius 2 is 1.83 bits per heavy atom. The van der Waals surface area contributed by atoms with Crippen LogP contribution < -0.4 is 0 Å². The molecule has 0 aromatic heterocycles. The first-order chi connectivity index (χ1) is 10.9. The summed E-state index contributed by atoms with van der Waals surface area (Å²) < 4.78 is 32.1. The summed E-state index contributed by atoms with van der Waals surface area (Å²) in [5.74, 6) is -2.69. The van der Waals surface area contributed by atoms with Crippen molar-refractivity contribution in [1.29, 1.82) is 0 Å². The molecule has 0 aliphatic heterocycles. The fourth-order valence-corrected chi connectivity index (χ4v) is 3.05. The van der Waals surface area contributed by atoms with E-state index in [0.717, 1.165) is 5.56 Å².